The summed E-state index contributed by atoms with van der Waals surface area (Å²) < 4.78 is 11.1. The van der Waals surface area contributed by atoms with Gasteiger partial charge in [0.25, 0.3) is 0 Å². The lowest BCUT2D eigenvalue weighted by molar-refractivity contribution is -0.154. The van der Waals surface area contributed by atoms with Gasteiger partial charge in [-0.25, -0.2) is 0 Å². The largest absolute Gasteiger partial charge is 0.460 e. The molecule has 1 fully saturated rings. The molecule has 0 amide bonds. The van der Waals surface area contributed by atoms with Crippen molar-refractivity contribution in [1.82, 2.24) is 10.2 Å². The van der Waals surface area contributed by atoms with Crippen LogP contribution in [0.3, 0.4) is 0 Å². The van der Waals surface area contributed by atoms with Crippen LogP contribution in [0.15, 0.2) is 4.99 Å². The Bertz CT molecular complexity index is 438. The van der Waals surface area contributed by atoms with Crippen LogP contribution in [0.5, 0.6) is 0 Å². The van der Waals surface area contributed by atoms with Crippen LogP contribution in [0, 0.1) is 0 Å². The molecule has 0 aromatic carbocycles. The Hall–Kier alpha value is -1.30. The number of carbonyl (C=O) groups excluding carboxylic acids is 1. The highest BCUT2D eigenvalue weighted by Crippen LogP contribution is 2.14. The normalized spacial score (nSPS) is 16.5. The highest BCUT2D eigenvalue weighted by atomic mass is 16.6. The van der Waals surface area contributed by atoms with Crippen molar-refractivity contribution in [2.45, 2.75) is 91.3 Å². The summed E-state index contributed by atoms with van der Waals surface area (Å²) in [5.41, 5.74) is -0.383. The van der Waals surface area contributed by atoms with Gasteiger partial charge in [0.1, 0.15) is 5.60 Å². The van der Waals surface area contributed by atoms with Gasteiger partial charge in [-0.15, -0.1) is 0 Å². The van der Waals surface area contributed by atoms with E-state index in [0.29, 0.717) is 12.5 Å². The van der Waals surface area contributed by atoms with Crippen LogP contribution in [-0.2, 0) is 14.3 Å². The van der Waals surface area contributed by atoms with Crippen molar-refractivity contribution in [2.24, 2.45) is 4.99 Å². The maximum Gasteiger partial charge on any atom is 0.306 e. The first-order chi connectivity index (χ1) is 12.9. The number of ether oxygens (including phenoxy) is 2. The van der Waals surface area contributed by atoms with Gasteiger partial charge >= 0.3 is 5.97 Å². The number of unbranched alkanes of at least 4 members (excludes halogenated alkanes) is 3. The summed E-state index contributed by atoms with van der Waals surface area (Å²) in [5.74, 6) is 0.937. The van der Waals surface area contributed by atoms with Gasteiger partial charge in [0.05, 0.1) is 6.10 Å². The third-order valence-corrected chi connectivity index (χ3v) is 4.45. The zero-order valence-corrected chi connectivity index (χ0v) is 18.2. The number of likely N-dealkylation sites (tertiary alicyclic amines) is 1. The molecule has 1 aliphatic rings. The smallest absolute Gasteiger partial charge is 0.306 e. The fourth-order valence-corrected chi connectivity index (χ4v) is 3.21. The van der Waals surface area contributed by atoms with Crippen LogP contribution in [0.1, 0.15) is 79.6 Å². The molecule has 1 rings (SSSR count). The summed E-state index contributed by atoms with van der Waals surface area (Å²) in [6, 6.07) is 0. The monoisotopic (exact) mass is 383 g/mol. The summed E-state index contributed by atoms with van der Waals surface area (Å²) >= 11 is 0. The molecule has 0 atom stereocenters. The quantitative estimate of drug-likeness (QED) is 0.269. The first-order valence-electron chi connectivity index (χ1n) is 10.7. The van der Waals surface area contributed by atoms with Crippen molar-refractivity contribution in [3.05, 3.63) is 0 Å². The average molecular weight is 384 g/mol. The minimum absolute atomic E-state index is 0.0922. The zero-order chi connectivity index (χ0) is 20.1. The van der Waals surface area contributed by atoms with Crippen LogP contribution in [0.2, 0.25) is 0 Å². The Kier molecular flexibility index (Phi) is 11.4. The van der Waals surface area contributed by atoms with Crippen LogP contribution < -0.4 is 5.32 Å². The molecule has 1 aliphatic heterocycles. The molecule has 0 spiro atoms. The maximum absolute atomic E-state index is 11.7. The fourth-order valence-electron chi connectivity index (χ4n) is 3.21. The lowest BCUT2D eigenvalue weighted by atomic mass is 10.1. The Labute approximate surface area is 166 Å². The highest BCUT2D eigenvalue weighted by molar-refractivity contribution is 5.80. The first kappa shape index (κ1) is 23.7. The van der Waals surface area contributed by atoms with Crippen LogP contribution in [0.4, 0.5) is 0 Å². The van der Waals surface area contributed by atoms with E-state index >= 15 is 0 Å². The molecular weight excluding hydrogens is 342 g/mol. The molecule has 0 saturated carbocycles. The van der Waals surface area contributed by atoms with E-state index in [2.05, 4.69) is 24.1 Å². The summed E-state index contributed by atoms with van der Waals surface area (Å²) in [4.78, 5) is 18.8. The second-order valence-corrected chi connectivity index (χ2v) is 8.13. The highest BCUT2D eigenvalue weighted by Gasteiger charge is 2.21. The van der Waals surface area contributed by atoms with Gasteiger partial charge in [0, 0.05) is 39.2 Å². The van der Waals surface area contributed by atoms with Gasteiger partial charge in [-0.2, -0.15) is 0 Å². The molecule has 0 bridgehead atoms. The number of rotatable bonds is 10. The molecule has 0 aromatic rings. The maximum atomic E-state index is 11.7. The Morgan fingerprint density at radius 2 is 1.78 bits per heavy atom. The molecule has 0 aliphatic carbocycles. The lowest BCUT2D eigenvalue weighted by Crippen LogP contribution is -2.47. The number of nitrogens with one attached hydrogen (secondary N) is 1. The number of hydrogen-bond donors (Lipinski definition) is 1. The predicted molar refractivity (Wildman–Crippen MR) is 111 cm³/mol. The number of carbonyl (C=O) groups is 1. The number of hydrogen-bond acceptors (Lipinski definition) is 4. The van der Waals surface area contributed by atoms with Gasteiger partial charge in [-0.05, 0) is 60.3 Å². The molecular formula is C21H41N3O3. The molecule has 0 unspecified atom stereocenters. The van der Waals surface area contributed by atoms with Gasteiger partial charge in [-0.1, -0.05) is 12.8 Å². The average Bonchev–Trinajstić information content (AvgIpc) is 2.59. The summed E-state index contributed by atoms with van der Waals surface area (Å²) in [6.45, 7) is 14.4. The molecule has 0 radical (unpaired) electrons. The van der Waals surface area contributed by atoms with Crippen molar-refractivity contribution in [2.75, 3.05) is 32.8 Å². The predicted octanol–water partition coefficient (Wildman–Crippen LogP) is 3.75. The molecule has 27 heavy (non-hydrogen) atoms. The van der Waals surface area contributed by atoms with Crippen molar-refractivity contribution in [3.8, 4) is 0 Å². The second kappa shape index (κ2) is 13.0. The number of guanidine groups is 1. The standard InChI is InChI=1S/C21H41N3O3/c1-6-22-20(24-16-13-18(14-17-24)26-7-2)23-15-11-9-8-10-12-19(25)27-21(3,4)5/h18H,6-17H2,1-5H3,(H,22,23). The van der Waals surface area contributed by atoms with Crippen LogP contribution in [-0.4, -0.2) is 61.3 Å². The third kappa shape index (κ3) is 11.2. The van der Waals surface area contributed by atoms with Crippen LogP contribution >= 0.6 is 0 Å². The third-order valence-electron chi connectivity index (χ3n) is 4.45. The van der Waals surface area contributed by atoms with E-state index in [9.17, 15) is 4.79 Å². The van der Waals surface area contributed by atoms with Gasteiger partial charge in [0.15, 0.2) is 5.96 Å². The molecule has 158 valence electrons. The van der Waals surface area contributed by atoms with Crippen molar-refractivity contribution >= 4 is 11.9 Å². The molecule has 6 nitrogen and oxygen atoms in total. The lowest BCUT2D eigenvalue weighted by Gasteiger charge is -2.34. The SMILES string of the molecule is CCNC(=NCCCCCCC(=O)OC(C)(C)C)N1CCC(OCC)CC1. The topological polar surface area (TPSA) is 63.2 Å². The molecule has 1 heterocycles. The van der Waals surface area contributed by atoms with E-state index in [4.69, 9.17) is 14.5 Å². The zero-order valence-electron chi connectivity index (χ0n) is 18.2. The second-order valence-electron chi connectivity index (χ2n) is 8.13. The summed E-state index contributed by atoms with van der Waals surface area (Å²) in [7, 11) is 0. The van der Waals surface area contributed by atoms with E-state index in [1.807, 2.05) is 20.8 Å². The van der Waals surface area contributed by atoms with E-state index in [1.54, 1.807) is 0 Å². The first-order valence-corrected chi connectivity index (χ1v) is 10.7. The van der Waals surface area contributed by atoms with Gasteiger partial charge in [0.2, 0.25) is 0 Å². The molecule has 0 aromatic heterocycles. The van der Waals surface area contributed by atoms with E-state index in [-0.39, 0.29) is 11.6 Å². The van der Waals surface area contributed by atoms with Crippen molar-refractivity contribution in [3.63, 3.8) is 0 Å². The Balaban J connectivity index is 2.21. The van der Waals surface area contributed by atoms with Crippen LogP contribution in [0.25, 0.3) is 0 Å². The van der Waals surface area contributed by atoms with E-state index in [1.165, 1.54) is 0 Å². The van der Waals surface area contributed by atoms with Crippen molar-refractivity contribution < 1.29 is 14.3 Å². The minimum Gasteiger partial charge on any atom is -0.460 e. The summed E-state index contributed by atoms with van der Waals surface area (Å²) in [5, 5.41) is 3.41. The Morgan fingerprint density at radius 1 is 1.11 bits per heavy atom. The number of nitrogens with zero attached hydrogens (tertiary/aromatic N) is 2. The Morgan fingerprint density at radius 3 is 2.37 bits per heavy atom. The molecule has 6 heteroatoms. The molecule has 1 saturated heterocycles. The van der Waals surface area contributed by atoms with E-state index in [0.717, 1.165) is 77.3 Å². The number of esters is 1. The number of aliphatic imine (C=N–C) groups is 1. The summed E-state index contributed by atoms with van der Waals surface area (Å²) in [6.07, 6.45) is 7.15. The van der Waals surface area contributed by atoms with Crippen molar-refractivity contribution in [1.29, 1.82) is 0 Å². The van der Waals surface area contributed by atoms with Gasteiger partial charge < -0.3 is 19.7 Å². The minimum atomic E-state index is -0.383. The fraction of sp³-hybridized carbons (Fsp3) is 0.905. The van der Waals surface area contributed by atoms with E-state index < -0.39 is 0 Å². The number of piperidine rings is 1. The van der Waals surface area contributed by atoms with Gasteiger partial charge in [-0.3, -0.25) is 9.79 Å². The molecule has 1 N–H and O–H groups in total.